The maximum absolute atomic E-state index is 10.1. The zero-order valence-corrected chi connectivity index (χ0v) is 11.8. The van der Waals surface area contributed by atoms with E-state index in [-0.39, 0.29) is 17.0 Å². The number of nitrogens with zero attached hydrogens (tertiary/aromatic N) is 4. The van der Waals surface area contributed by atoms with E-state index in [1.54, 1.807) is 6.26 Å². The monoisotopic (exact) mass is 314 g/mol. The molecular formula is C11H14N4O5S. The van der Waals surface area contributed by atoms with Crippen molar-refractivity contribution in [2.75, 3.05) is 12.9 Å². The third-order valence-electron chi connectivity index (χ3n) is 3.38. The fourth-order valence-corrected chi connectivity index (χ4v) is 2.91. The Morgan fingerprint density at radius 3 is 2.71 bits per heavy atom. The molecule has 9 nitrogen and oxygen atoms in total. The van der Waals surface area contributed by atoms with Gasteiger partial charge in [0.15, 0.2) is 22.5 Å². The second-order valence-corrected chi connectivity index (χ2v) is 5.34. The van der Waals surface area contributed by atoms with E-state index in [0.717, 1.165) is 0 Å². The smallest absolute Gasteiger partial charge is 0.242 e. The Morgan fingerprint density at radius 1 is 1.33 bits per heavy atom. The molecule has 0 spiro atoms. The summed E-state index contributed by atoms with van der Waals surface area (Å²) in [5, 5.41) is 39.3. The van der Waals surface area contributed by atoms with Gasteiger partial charge in [-0.3, -0.25) is 4.57 Å². The molecule has 0 bridgehead atoms. The minimum absolute atomic E-state index is 0.180. The first-order chi connectivity index (χ1) is 10.1. The van der Waals surface area contributed by atoms with E-state index in [4.69, 9.17) is 9.84 Å². The lowest BCUT2D eigenvalue weighted by atomic mass is 10.1. The van der Waals surface area contributed by atoms with Crippen molar-refractivity contribution in [1.29, 1.82) is 0 Å². The predicted molar refractivity (Wildman–Crippen MR) is 71.8 cm³/mol. The van der Waals surface area contributed by atoms with Crippen LogP contribution in [0.1, 0.15) is 6.23 Å². The highest BCUT2D eigenvalue weighted by Crippen LogP contribution is 2.36. The lowest BCUT2D eigenvalue weighted by molar-refractivity contribution is -0.0548. The Balaban J connectivity index is 2.14. The third kappa shape index (κ3) is 2.15. The Morgan fingerprint density at radius 2 is 2.10 bits per heavy atom. The molecular weight excluding hydrogens is 300 g/mol. The molecule has 0 saturated carbocycles. The second-order valence-electron chi connectivity index (χ2n) is 4.57. The summed E-state index contributed by atoms with van der Waals surface area (Å²) in [6.07, 6.45) is -1.39. The van der Waals surface area contributed by atoms with Crippen LogP contribution in [0.25, 0.3) is 11.2 Å². The second kappa shape index (κ2) is 5.39. The highest BCUT2D eigenvalue weighted by molar-refractivity contribution is 7.98. The fraction of sp³-hybridized carbons (Fsp3) is 0.545. The summed E-state index contributed by atoms with van der Waals surface area (Å²) >= 11 is 1.27. The number of imidazole rings is 1. The van der Waals surface area contributed by atoms with Gasteiger partial charge in [-0.15, -0.1) is 0 Å². The lowest BCUT2D eigenvalue weighted by Crippen LogP contribution is -2.33. The van der Waals surface area contributed by atoms with Gasteiger partial charge in [0.1, 0.15) is 24.6 Å². The van der Waals surface area contributed by atoms with E-state index in [1.807, 2.05) is 0 Å². The molecule has 1 aliphatic heterocycles. The van der Waals surface area contributed by atoms with E-state index in [1.165, 1.54) is 22.7 Å². The normalized spacial score (nSPS) is 29.3. The van der Waals surface area contributed by atoms with Gasteiger partial charge in [-0.2, -0.15) is 4.98 Å². The number of aliphatic hydroxyl groups excluding tert-OH is 3. The largest absolute Gasteiger partial charge is 0.492 e. The van der Waals surface area contributed by atoms with Gasteiger partial charge < -0.3 is 25.2 Å². The molecule has 1 aliphatic rings. The summed E-state index contributed by atoms with van der Waals surface area (Å²) in [6.45, 7) is -0.420. The molecule has 10 heteroatoms. The first-order valence-electron chi connectivity index (χ1n) is 6.16. The van der Waals surface area contributed by atoms with Gasteiger partial charge in [-0.25, -0.2) is 9.97 Å². The summed E-state index contributed by atoms with van der Waals surface area (Å²) in [5.74, 6) is -0.277. The summed E-state index contributed by atoms with van der Waals surface area (Å²) in [7, 11) is 0. The zero-order chi connectivity index (χ0) is 15.1. The molecule has 2 unspecified atom stereocenters. The van der Waals surface area contributed by atoms with Gasteiger partial charge in [-0.05, 0) is 6.26 Å². The van der Waals surface area contributed by atoms with Crippen molar-refractivity contribution in [2.45, 2.75) is 29.7 Å². The van der Waals surface area contributed by atoms with Crippen LogP contribution in [-0.4, -0.2) is 71.1 Å². The van der Waals surface area contributed by atoms with Crippen molar-refractivity contribution in [1.82, 2.24) is 19.5 Å². The van der Waals surface area contributed by atoms with Gasteiger partial charge in [0.2, 0.25) is 5.88 Å². The van der Waals surface area contributed by atoms with Crippen molar-refractivity contribution < 1.29 is 25.2 Å². The topological polar surface area (TPSA) is 134 Å². The molecule has 1 fully saturated rings. The maximum atomic E-state index is 10.1. The van der Waals surface area contributed by atoms with Crippen LogP contribution in [0.5, 0.6) is 5.88 Å². The Kier molecular flexibility index (Phi) is 3.71. The van der Waals surface area contributed by atoms with Crippen LogP contribution in [0.2, 0.25) is 0 Å². The number of ether oxygens (including phenoxy) is 1. The van der Waals surface area contributed by atoms with Crippen molar-refractivity contribution in [3.05, 3.63) is 6.33 Å². The molecule has 2 aromatic rings. The predicted octanol–water partition coefficient (Wildman–Crippen LogP) is -1.13. The van der Waals surface area contributed by atoms with Crippen molar-refractivity contribution in [2.24, 2.45) is 0 Å². The summed E-state index contributed by atoms with van der Waals surface area (Å²) in [6, 6.07) is 0. The third-order valence-corrected chi connectivity index (χ3v) is 4.03. The zero-order valence-electron chi connectivity index (χ0n) is 11.0. The standard InChI is InChI=1S/C11H14N4O5S/c1-21-11-14-5-8(12-3-13-9(5)19)15(11)10-7(18)6(17)4(2-16)20-10/h3-4,6-7,10,16-18H,2H2,1H3,(H,12,13,19)/t4-,6?,7?,10-/m1/s1. The van der Waals surface area contributed by atoms with Crippen LogP contribution >= 0.6 is 11.8 Å². The molecule has 2 aromatic heterocycles. The van der Waals surface area contributed by atoms with Crippen molar-refractivity contribution in [3.63, 3.8) is 0 Å². The van der Waals surface area contributed by atoms with Gasteiger partial charge in [0.05, 0.1) is 6.61 Å². The number of hydrogen-bond acceptors (Lipinski definition) is 9. The number of aromatic hydroxyl groups is 1. The number of hydrogen-bond donors (Lipinski definition) is 4. The van der Waals surface area contributed by atoms with Gasteiger partial charge in [0, 0.05) is 0 Å². The van der Waals surface area contributed by atoms with Gasteiger partial charge >= 0.3 is 0 Å². The maximum Gasteiger partial charge on any atom is 0.242 e. The van der Waals surface area contributed by atoms with E-state index >= 15 is 0 Å². The number of fused-ring (bicyclic) bond motifs is 1. The quantitative estimate of drug-likeness (QED) is 0.519. The van der Waals surface area contributed by atoms with Crippen LogP contribution in [0.4, 0.5) is 0 Å². The van der Waals surface area contributed by atoms with Gasteiger partial charge in [-0.1, -0.05) is 11.8 Å². The molecule has 0 amide bonds. The minimum atomic E-state index is -1.25. The average molecular weight is 314 g/mol. The Labute approximate surface area is 123 Å². The summed E-state index contributed by atoms with van der Waals surface area (Å²) in [5.41, 5.74) is 0.460. The number of thioether (sulfide) groups is 1. The molecule has 114 valence electrons. The molecule has 3 heterocycles. The van der Waals surface area contributed by atoms with Gasteiger partial charge in [0.25, 0.3) is 0 Å². The van der Waals surface area contributed by atoms with Crippen LogP contribution in [0, 0.1) is 0 Å². The number of aromatic nitrogens is 4. The molecule has 4 atom stereocenters. The number of aliphatic hydroxyl groups is 3. The highest BCUT2D eigenvalue weighted by atomic mass is 32.2. The van der Waals surface area contributed by atoms with Crippen molar-refractivity contribution in [3.8, 4) is 5.88 Å². The van der Waals surface area contributed by atoms with Crippen LogP contribution in [0.15, 0.2) is 11.5 Å². The highest BCUT2D eigenvalue weighted by Gasteiger charge is 2.44. The summed E-state index contributed by atoms with van der Waals surface area (Å²) in [4.78, 5) is 11.9. The van der Waals surface area contributed by atoms with E-state index in [9.17, 15) is 15.3 Å². The summed E-state index contributed by atoms with van der Waals surface area (Å²) < 4.78 is 6.96. The van der Waals surface area contributed by atoms with E-state index < -0.39 is 31.1 Å². The SMILES string of the molecule is CSc1nc2c(O)ncnc2n1[C@@H]1O[C@H](CO)C(O)C1O. The molecule has 0 radical (unpaired) electrons. The molecule has 0 aliphatic carbocycles. The molecule has 3 rings (SSSR count). The molecule has 0 aromatic carbocycles. The average Bonchev–Trinajstić information content (AvgIpc) is 2.99. The van der Waals surface area contributed by atoms with E-state index in [2.05, 4.69) is 15.0 Å². The Hall–Kier alpha value is -1.46. The van der Waals surface area contributed by atoms with Crippen LogP contribution in [0.3, 0.4) is 0 Å². The first-order valence-corrected chi connectivity index (χ1v) is 7.39. The van der Waals surface area contributed by atoms with Crippen molar-refractivity contribution >= 4 is 22.9 Å². The molecule has 21 heavy (non-hydrogen) atoms. The van der Waals surface area contributed by atoms with Crippen LogP contribution < -0.4 is 0 Å². The molecule has 4 N–H and O–H groups in total. The Bertz CT molecular complexity index is 665. The van der Waals surface area contributed by atoms with Crippen LogP contribution in [-0.2, 0) is 4.74 Å². The molecule has 1 saturated heterocycles. The first kappa shape index (κ1) is 14.5. The lowest BCUT2D eigenvalue weighted by Gasteiger charge is -2.18. The number of rotatable bonds is 3. The van der Waals surface area contributed by atoms with E-state index in [0.29, 0.717) is 5.16 Å². The fourth-order valence-electron chi connectivity index (χ4n) is 2.34. The minimum Gasteiger partial charge on any atom is -0.492 e.